The molecule has 7 heteroatoms. The van der Waals surface area contributed by atoms with Crippen molar-refractivity contribution in [2.75, 3.05) is 13.1 Å². The summed E-state index contributed by atoms with van der Waals surface area (Å²) < 4.78 is 1.93. The first-order valence-corrected chi connectivity index (χ1v) is 8.80. The van der Waals surface area contributed by atoms with E-state index in [9.17, 15) is 4.79 Å². The summed E-state index contributed by atoms with van der Waals surface area (Å²) in [6, 6.07) is 3.81. The van der Waals surface area contributed by atoms with Crippen molar-refractivity contribution < 1.29 is 4.79 Å². The number of carbonyl (C=O) groups is 1. The summed E-state index contributed by atoms with van der Waals surface area (Å²) in [4.78, 5) is 18.5. The zero-order valence-electron chi connectivity index (χ0n) is 13.5. The van der Waals surface area contributed by atoms with Gasteiger partial charge in [-0.05, 0) is 38.3 Å². The van der Waals surface area contributed by atoms with Gasteiger partial charge in [0.05, 0.1) is 5.25 Å². The van der Waals surface area contributed by atoms with Crippen LogP contribution in [0.25, 0.3) is 11.4 Å². The van der Waals surface area contributed by atoms with Crippen LogP contribution in [-0.2, 0) is 11.8 Å². The molecular weight excluding hydrogens is 310 g/mol. The monoisotopic (exact) mass is 331 g/mol. The number of aromatic nitrogens is 4. The number of hydrogen-bond acceptors (Lipinski definition) is 5. The van der Waals surface area contributed by atoms with E-state index in [4.69, 9.17) is 0 Å². The molecule has 2 aromatic rings. The second-order valence-electron chi connectivity index (χ2n) is 5.75. The molecule has 122 valence electrons. The highest BCUT2D eigenvalue weighted by molar-refractivity contribution is 8.00. The third kappa shape index (κ3) is 3.55. The molecule has 0 spiro atoms. The number of carbonyl (C=O) groups excluding carboxylic acids is 1. The van der Waals surface area contributed by atoms with E-state index in [0.717, 1.165) is 42.5 Å². The van der Waals surface area contributed by atoms with E-state index in [1.165, 1.54) is 18.2 Å². The highest BCUT2D eigenvalue weighted by Crippen LogP contribution is 2.26. The van der Waals surface area contributed by atoms with E-state index in [2.05, 4.69) is 15.2 Å². The second kappa shape index (κ2) is 7.12. The van der Waals surface area contributed by atoms with Crippen molar-refractivity contribution in [3.63, 3.8) is 0 Å². The summed E-state index contributed by atoms with van der Waals surface area (Å²) in [7, 11) is 1.93. The molecule has 0 aromatic carbocycles. The minimum Gasteiger partial charge on any atom is -0.342 e. The van der Waals surface area contributed by atoms with Crippen molar-refractivity contribution in [1.29, 1.82) is 0 Å². The van der Waals surface area contributed by atoms with E-state index >= 15 is 0 Å². The largest absolute Gasteiger partial charge is 0.342 e. The predicted molar refractivity (Wildman–Crippen MR) is 90.0 cm³/mol. The van der Waals surface area contributed by atoms with E-state index in [1.54, 1.807) is 12.4 Å². The first-order chi connectivity index (χ1) is 11.2. The van der Waals surface area contributed by atoms with Gasteiger partial charge in [-0.1, -0.05) is 11.8 Å². The number of pyridine rings is 1. The van der Waals surface area contributed by atoms with Crippen molar-refractivity contribution >= 4 is 17.7 Å². The van der Waals surface area contributed by atoms with Crippen LogP contribution in [-0.4, -0.2) is 48.9 Å². The fourth-order valence-electron chi connectivity index (χ4n) is 2.75. The summed E-state index contributed by atoms with van der Waals surface area (Å²) in [5.41, 5.74) is 0.969. The highest BCUT2D eigenvalue weighted by atomic mass is 32.2. The number of thioether (sulfide) groups is 1. The SMILES string of the molecule is C[C@H](Sc1nnc(-c2ccncc2)n1C)C(=O)N1CCCCC1. The second-order valence-corrected chi connectivity index (χ2v) is 7.06. The van der Waals surface area contributed by atoms with Gasteiger partial charge in [0.15, 0.2) is 11.0 Å². The zero-order chi connectivity index (χ0) is 16.2. The highest BCUT2D eigenvalue weighted by Gasteiger charge is 2.25. The number of piperidine rings is 1. The molecule has 1 saturated heterocycles. The number of hydrogen-bond donors (Lipinski definition) is 0. The van der Waals surface area contributed by atoms with Crippen molar-refractivity contribution in [3.8, 4) is 11.4 Å². The molecule has 0 aliphatic carbocycles. The quantitative estimate of drug-likeness (QED) is 0.805. The van der Waals surface area contributed by atoms with Gasteiger partial charge in [-0.25, -0.2) is 0 Å². The van der Waals surface area contributed by atoms with Crippen molar-refractivity contribution in [1.82, 2.24) is 24.6 Å². The molecular formula is C16H21N5OS. The lowest BCUT2D eigenvalue weighted by Gasteiger charge is -2.28. The minimum absolute atomic E-state index is 0.152. The topological polar surface area (TPSA) is 63.9 Å². The molecule has 1 atom stereocenters. The van der Waals surface area contributed by atoms with Crippen molar-refractivity contribution in [2.24, 2.45) is 7.05 Å². The molecule has 1 aliphatic rings. The number of nitrogens with zero attached hydrogens (tertiary/aromatic N) is 5. The fourth-order valence-corrected chi connectivity index (χ4v) is 3.65. The van der Waals surface area contributed by atoms with Gasteiger partial charge in [0.2, 0.25) is 5.91 Å². The average molecular weight is 331 g/mol. The van der Waals surface area contributed by atoms with Gasteiger partial charge in [0.25, 0.3) is 0 Å². The molecule has 2 aromatic heterocycles. The van der Waals surface area contributed by atoms with E-state index in [-0.39, 0.29) is 11.2 Å². The Morgan fingerprint density at radius 3 is 2.57 bits per heavy atom. The first-order valence-electron chi connectivity index (χ1n) is 7.92. The first kappa shape index (κ1) is 16.0. The Morgan fingerprint density at radius 2 is 1.87 bits per heavy atom. The van der Waals surface area contributed by atoms with Crippen LogP contribution in [0.5, 0.6) is 0 Å². The normalized spacial score (nSPS) is 16.3. The third-order valence-corrected chi connectivity index (χ3v) is 5.19. The summed E-state index contributed by atoms with van der Waals surface area (Å²) in [6.45, 7) is 3.71. The lowest BCUT2D eigenvalue weighted by Crippen LogP contribution is -2.40. The summed E-state index contributed by atoms with van der Waals surface area (Å²) >= 11 is 1.47. The molecule has 6 nitrogen and oxygen atoms in total. The minimum atomic E-state index is -0.152. The molecule has 23 heavy (non-hydrogen) atoms. The molecule has 3 heterocycles. The van der Waals surface area contributed by atoms with Crippen molar-refractivity contribution in [3.05, 3.63) is 24.5 Å². The average Bonchev–Trinajstić information content (AvgIpc) is 2.96. The Labute approximate surface area is 140 Å². The molecule has 0 N–H and O–H groups in total. The number of likely N-dealkylation sites (tertiary alicyclic amines) is 1. The van der Waals surface area contributed by atoms with Crippen LogP contribution in [0.1, 0.15) is 26.2 Å². The Kier molecular flexibility index (Phi) is 4.95. The van der Waals surface area contributed by atoms with Gasteiger partial charge in [-0.2, -0.15) is 0 Å². The maximum atomic E-state index is 12.5. The molecule has 0 saturated carbocycles. The van der Waals surface area contributed by atoms with Gasteiger partial charge in [-0.3, -0.25) is 9.78 Å². The van der Waals surface area contributed by atoms with Crippen LogP contribution in [0.4, 0.5) is 0 Å². The molecule has 0 bridgehead atoms. The van der Waals surface area contributed by atoms with Crippen molar-refractivity contribution in [2.45, 2.75) is 36.6 Å². The summed E-state index contributed by atoms with van der Waals surface area (Å²) in [5.74, 6) is 0.982. The maximum Gasteiger partial charge on any atom is 0.235 e. The Bertz CT molecular complexity index is 666. The smallest absolute Gasteiger partial charge is 0.235 e. The standard InChI is InChI=1S/C16H21N5OS/c1-12(15(22)21-10-4-3-5-11-21)23-16-19-18-14(20(16)2)13-6-8-17-9-7-13/h6-9,12H,3-5,10-11H2,1-2H3/t12-/m0/s1. The van der Waals surface area contributed by atoms with Crippen LogP contribution < -0.4 is 0 Å². The number of rotatable bonds is 4. The number of amides is 1. The predicted octanol–water partition coefficient (Wildman–Crippen LogP) is 2.37. The molecule has 0 radical (unpaired) electrons. The van der Waals surface area contributed by atoms with Crippen LogP contribution >= 0.6 is 11.8 Å². The van der Waals surface area contributed by atoms with Gasteiger partial charge in [0.1, 0.15) is 0 Å². The molecule has 1 fully saturated rings. The van der Waals surface area contributed by atoms with Gasteiger partial charge < -0.3 is 9.47 Å². The zero-order valence-corrected chi connectivity index (χ0v) is 14.3. The van der Waals surface area contributed by atoms with E-state index in [1.807, 2.05) is 35.6 Å². The Morgan fingerprint density at radius 1 is 1.17 bits per heavy atom. The van der Waals surface area contributed by atoms with E-state index in [0.29, 0.717) is 0 Å². The molecule has 1 aliphatic heterocycles. The Balaban J connectivity index is 1.70. The lowest BCUT2D eigenvalue weighted by atomic mass is 10.1. The molecule has 1 amide bonds. The molecule has 3 rings (SSSR count). The summed E-state index contributed by atoms with van der Waals surface area (Å²) in [5, 5.41) is 9.10. The third-order valence-electron chi connectivity index (χ3n) is 4.07. The maximum absolute atomic E-state index is 12.5. The lowest BCUT2D eigenvalue weighted by molar-refractivity contribution is -0.131. The molecule has 0 unspecified atom stereocenters. The van der Waals surface area contributed by atoms with Crippen LogP contribution in [0.2, 0.25) is 0 Å². The van der Waals surface area contributed by atoms with E-state index < -0.39 is 0 Å². The van der Waals surface area contributed by atoms with Gasteiger partial charge in [0, 0.05) is 38.1 Å². The van der Waals surface area contributed by atoms with Gasteiger partial charge in [-0.15, -0.1) is 10.2 Å². The van der Waals surface area contributed by atoms with Gasteiger partial charge >= 0.3 is 0 Å². The van der Waals surface area contributed by atoms with Crippen LogP contribution in [0.15, 0.2) is 29.7 Å². The Hall–Kier alpha value is -1.89. The fraction of sp³-hybridized carbons (Fsp3) is 0.500. The summed E-state index contributed by atoms with van der Waals surface area (Å²) in [6.07, 6.45) is 6.92. The van der Waals surface area contributed by atoms with Crippen LogP contribution in [0, 0.1) is 0 Å². The van der Waals surface area contributed by atoms with Crippen LogP contribution in [0.3, 0.4) is 0 Å².